The van der Waals surface area contributed by atoms with Crippen LogP contribution in [0.1, 0.15) is 29.9 Å². The summed E-state index contributed by atoms with van der Waals surface area (Å²) in [5, 5.41) is 1.83. The molecule has 2 heterocycles. The Kier molecular flexibility index (Phi) is 3.23. The Bertz CT molecular complexity index is 576. The minimum atomic E-state index is 0.466. The zero-order valence-electron chi connectivity index (χ0n) is 10.4. The van der Waals surface area contributed by atoms with Crippen LogP contribution in [0, 0.1) is 6.92 Å². The molecule has 0 saturated carbocycles. The third-order valence-electron chi connectivity index (χ3n) is 3.55. The molecule has 3 rings (SSSR count). The second-order valence-corrected chi connectivity index (χ2v) is 5.40. The Morgan fingerprint density at radius 2 is 2.22 bits per heavy atom. The molecule has 0 spiro atoms. The molecule has 0 radical (unpaired) electrons. The van der Waals surface area contributed by atoms with Crippen LogP contribution in [0.15, 0.2) is 24.4 Å². The van der Waals surface area contributed by atoms with E-state index in [9.17, 15) is 0 Å². The predicted octanol–water partition coefficient (Wildman–Crippen LogP) is 4.09. The van der Waals surface area contributed by atoms with Crippen LogP contribution in [0.4, 0.5) is 0 Å². The first-order valence-corrected chi connectivity index (χ1v) is 6.75. The van der Waals surface area contributed by atoms with Gasteiger partial charge in [0.1, 0.15) is 0 Å². The molecule has 1 aliphatic rings. The van der Waals surface area contributed by atoms with Crippen LogP contribution in [0.25, 0.3) is 10.9 Å². The van der Waals surface area contributed by atoms with E-state index in [0.29, 0.717) is 5.92 Å². The highest BCUT2D eigenvalue weighted by Crippen LogP contribution is 2.30. The van der Waals surface area contributed by atoms with Gasteiger partial charge in [0.05, 0.1) is 17.1 Å². The molecule has 1 unspecified atom stereocenters. The van der Waals surface area contributed by atoms with Gasteiger partial charge in [-0.1, -0.05) is 11.6 Å². The first-order valence-electron chi connectivity index (χ1n) is 6.37. The van der Waals surface area contributed by atoms with Crippen LogP contribution >= 0.6 is 11.6 Å². The molecule has 1 fully saturated rings. The van der Waals surface area contributed by atoms with Crippen molar-refractivity contribution in [3.63, 3.8) is 0 Å². The number of nitrogens with zero attached hydrogens (tertiary/aromatic N) is 1. The number of halogens is 1. The van der Waals surface area contributed by atoms with Gasteiger partial charge < -0.3 is 4.74 Å². The molecule has 2 aromatic rings. The number of fused-ring (bicyclic) bond motifs is 1. The van der Waals surface area contributed by atoms with E-state index < -0.39 is 0 Å². The Hall–Kier alpha value is -1.12. The SMILES string of the molecule is Cc1cc(Cl)c2cc(C3CCCOC3)cnc2c1. The maximum Gasteiger partial charge on any atom is 0.0719 e. The molecule has 1 aromatic heterocycles. The van der Waals surface area contributed by atoms with Gasteiger partial charge in [0.2, 0.25) is 0 Å². The second kappa shape index (κ2) is 4.87. The van der Waals surface area contributed by atoms with E-state index in [-0.39, 0.29) is 0 Å². The summed E-state index contributed by atoms with van der Waals surface area (Å²) >= 11 is 6.30. The Balaban J connectivity index is 2.04. The van der Waals surface area contributed by atoms with Crippen LogP contribution < -0.4 is 0 Å². The van der Waals surface area contributed by atoms with Crippen molar-refractivity contribution in [2.75, 3.05) is 13.2 Å². The largest absolute Gasteiger partial charge is 0.381 e. The summed E-state index contributed by atoms with van der Waals surface area (Å²) in [5.41, 5.74) is 3.36. The fourth-order valence-electron chi connectivity index (χ4n) is 2.56. The molecule has 1 aromatic carbocycles. The van der Waals surface area contributed by atoms with E-state index in [2.05, 4.69) is 17.1 Å². The van der Waals surface area contributed by atoms with Crippen LogP contribution in [0.5, 0.6) is 0 Å². The van der Waals surface area contributed by atoms with Gasteiger partial charge in [0.25, 0.3) is 0 Å². The van der Waals surface area contributed by atoms with Crippen LogP contribution in [0.3, 0.4) is 0 Å². The lowest BCUT2D eigenvalue weighted by atomic mass is 9.94. The molecule has 1 saturated heterocycles. The number of rotatable bonds is 1. The van der Waals surface area contributed by atoms with Gasteiger partial charge in [-0.25, -0.2) is 0 Å². The normalized spacial score (nSPS) is 20.2. The lowest BCUT2D eigenvalue weighted by Crippen LogP contribution is -2.15. The lowest BCUT2D eigenvalue weighted by molar-refractivity contribution is 0.0804. The van der Waals surface area contributed by atoms with Crippen LogP contribution in [-0.4, -0.2) is 18.2 Å². The monoisotopic (exact) mass is 261 g/mol. The highest BCUT2D eigenvalue weighted by atomic mass is 35.5. The number of pyridine rings is 1. The standard InChI is InChI=1S/C15H16ClNO/c1-10-5-14(16)13-7-12(8-17-15(13)6-10)11-3-2-4-18-9-11/h5-8,11H,2-4,9H2,1H3. The Morgan fingerprint density at radius 3 is 3.00 bits per heavy atom. The number of aryl methyl sites for hydroxylation is 1. The number of aromatic nitrogens is 1. The van der Waals surface area contributed by atoms with E-state index in [0.717, 1.165) is 41.1 Å². The van der Waals surface area contributed by atoms with Crippen molar-refractivity contribution >= 4 is 22.5 Å². The van der Waals surface area contributed by atoms with Crippen molar-refractivity contribution in [3.8, 4) is 0 Å². The molecular formula is C15H16ClNO. The predicted molar refractivity (Wildman–Crippen MR) is 74.3 cm³/mol. The van der Waals surface area contributed by atoms with E-state index in [1.165, 1.54) is 12.0 Å². The van der Waals surface area contributed by atoms with Gasteiger partial charge >= 0.3 is 0 Å². The summed E-state index contributed by atoms with van der Waals surface area (Å²) in [6.45, 7) is 3.73. The minimum Gasteiger partial charge on any atom is -0.381 e. The second-order valence-electron chi connectivity index (χ2n) is 5.00. The first kappa shape index (κ1) is 11.9. The van der Waals surface area contributed by atoms with Crippen molar-refractivity contribution in [3.05, 3.63) is 40.5 Å². The summed E-state index contributed by atoms with van der Waals surface area (Å²) in [6.07, 6.45) is 4.28. The van der Waals surface area contributed by atoms with Gasteiger partial charge in [0.15, 0.2) is 0 Å². The molecular weight excluding hydrogens is 246 g/mol. The maximum atomic E-state index is 6.30. The molecule has 18 heavy (non-hydrogen) atoms. The summed E-state index contributed by atoms with van der Waals surface area (Å²) < 4.78 is 5.54. The Morgan fingerprint density at radius 1 is 1.33 bits per heavy atom. The average Bonchev–Trinajstić information content (AvgIpc) is 2.39. The number of hydrogen-bond acceptors (Lipinski definition) is 2. The summed E-state index contributed by atoms with van der Waals surface area (Å²) in [5.74, 6) is 0.466. The van der Waals surface area contributed by atoms with Crippen LogP contribution in [0.2, 0.25) is 5.02 Å². The first-order chi connectivity index (χ1) is 8.74. The van der Waals surface area contributed by atoms with Crippen LogP contribution in [-0.2, 0) is 4.74 Å². The average molecular weight is 262 g/mol. The molecule has 94 valence electrons. The van der Waals surface area contributed by atoms with Crippen molar-refractivity contribution < 1.29 is 4.74 Å². The molecule has 0 aliphatic carbocycles. The zero-order chi connectivity index (χ0) is 12.5. The zero-order valence-corrected chi connectivity index (χ0v) is 11.2. The number of benzene rings is 1. The van der Waals surface area contributed by atoms with Crippen molar-refractivity contribution in [1.29, 1.82) is 0 Å². The molecule has 1 atom stereocenters. The molecule has 0 N–H and O–H groups in total. The van der Waals surface area contributed by atoms with Gasteiger partial charge in [-0.3, -0.25) is 4.98 Å². The summed E-state index contributed by atoms with van der Waals surface area (Å²) in [4.78, 5) is 4.54. The molecule has 3 heteroatoms. The smallest absolute Gasteiger partial charge is 0.0719 e. The van der Waals surface area contributed by atoms with Crippen molar-refractivity contribution in [2.24, 2.45) is 0 Å². The highest BCUT2D eigenvalue weighted by molar-refractivity contribution is 6.35. The van der Waals surface area contributed by atoms with E-state index in [4.69, 9.17) is 16.3 Å². The van der Waals surface area contributed by atoms with Gasteiger partial charge in [0, 0.05) is 24.1 Å². The van der Waals surface area contributed by atoms with Crippen molar-refractivity contribution in [1.82, 2.24) is 4.98 Å². The van der Waals surface area contributed by atoms with Gasteiger partial charge in [-0.2, -0.15) is 0 Å². The molecule has 2 nitrogen and oxygen atoms in total. The van der Waals surface area contributed by atoms with Gasteiger partial charge in [-0.15, -0.1) is 0 Å². The van der Waals surface area contributed by atoms with Gasteiger partial charge in [-0.05, 0) is 49.1 Å². The minimum absolute atomic E-state index is 0.466. The molecule has 0 bridgehead atoms. The number of hydrogen-bond donors (Lipinski definition) is 0. The fourth-order valence-corrected chi connectivity index (χ4v) is 2.88. The highest BCUT2D eigenvalue weighted by Gasteiger charge is 2.17. The molecule has 1 aliphatic heterocycles. The summed E-state index contributed by atoms with van der Waals surface area (Å²) in [6, 6.07) is 6.23. The summed E-state index contributed by atoms with van der Waals surface area (Å²) in [7, 11) is 0. The lowest BCUT2D eigenvalue weighted by Gasteiger charge is -2.22. The third-order valence-corrected chi connectivity index (χ3v) is 3.86. The van der Waals surface area contributed by atoms with E-state index in [1.807, 2.05) is 19.2 Å². The fraction of sp³-hybridized carbons (Fsp3) is 0.400. The maximum absolute atomic E-state index is 6.30. The van der Waals surface area contributed by atoms with Crippen molar-refractivity contribution in [2.45, 2.75) is 25.7 Å². The topological polar surface area (TPSA) is 22.1 Å². The Labute approximate surface area is 112 Å². The van der Waals surface area contributed by atoms with E-state index in [1.54, 1.807) is 0 Å². The van der Waals surface area contributed by atoms with E-state index >= 15 is 0 Å². The third kappa shape index (κ3) is 2.23. The molecule has 0 amide bonds. The number of ether oxygens (including phenoxy) is 1. The quantitative estimate of drug-likeness (QED) is 0.771.